The van der Waals surface area contributed by atoms with Crippen LogP contribution in [0.5, 0.6) is 5.75 Å². The van der Waals surface area contributed by atoms with Crippen molar-refractivity contribution in [1.29, 1.82) is 0 Å². The van der Waals surface area contributed by atoms with Crippen LogP contribution in [0.3, 0.4) is 0 Å². The highest BCUT2D eigenvalue weighted by Crippen LogP contribution is 2.24. The molecule has 3 aromatic rings. The molecule has 0 spiro atoms. The molecular formula is C23H28N4O2. The van der Waals surface area contributed by atoms with E-state index < -0.39 is 0 Å². The van der Waals surface area contributed by atoms with Crippen molar-refractivity contribution in [3.05, 3.63) is 59.5 Å². The topological polar surface area (TPSA) is 58.9 Å². The summed E-state index contributed by atoms with van der Waals surface area (Å²) < 4.78 is 7.50. The van der Waals surface area contributed by atoms with E-state index in [1.54, 1.807) is 0 Å². The molecule has 0 unspecified atom stereocenters. The molecule has 0 bridgehead atoms. The number of benzene rings is 1. The van der Waals surface area contributed by atoms with Gasteiger partial charge in [-0.05, 0) is 63.4 Å². The van der Waals surface area contributed by atoms with Crippen LogP contribution in [0.15, 0.2) is 42.6 Å². The van der Waals surface area contributed by atoms with Crippen molar-refractivity contribution >= 4 is 17.2 Å². The van der Waals surface area contributed by atoms with Crippen molar-refractivity contribution < 1.29 is 9.53 Å². The van der Waals surface area contributed by atoms with Crippen molar-refractivity contribution in [3.63, 3.8) is 0 Å². The van der Waals surface area contributed by atoms with E-state index in [0.717, 1.165) is 25.9 Å². The maximum atomic E-state index is 13.1. The van der Waals surface area contributed by atoms with Crippen LogP contribution in [0.1, 0.15) is 41.5 Å². The van der Waals surface area contributed by atoms with E-state index in [1.807, 2.05) is 36.6 Å². The third-order valence-corrected chi connectivity index (χ3v) is 5.43. The molecule has 0 aliphatic carbocycles. The number of imidazole rings is 1. The molecule has 3 heterocycles. The van der Waals surface area contributed by atoms with Gasteiger partial charge in [-0.3, -0.25) is 9.20 Å². The molecule has 0 radical (unpaired) electrons. The zero-order valence-corrected chi connectivity index (χ0v) is 17.3. The molecule has 29 heavy (non-hydrogen) atoms. The second-order valence-electron chi connectivity index (χ2n) is 7.64. The van der Waals surface area contributed by atoms with E-state index in [-0.39, 0.29) is 11.9 Å². The van der Waals surface area contributed by atoms with E-state index in [0.29, 0.717) is 29.4 Å². The van der Waals surface area contributed by atoms with Gasteiger partial charge in [0.05, 0.1) is 12.3 Å². The fraction of sp³-hybridized carbons (Fsp3) is 0.391. The van der Waals surface area contributed by atoms with Gasteiger partial charge in [-0.25, -0.2) is 4.98 Å². The number of rotatable bonds is 5. The van der Waals surface area contributed by atoms with Crippen LogP contribution in [0.2, 0.25) is 0 Å². The molecule has 0 saturated carbocycles. The van der Waals surface area contributed by atoms with E-state index in [9.17, 15) is 4.79 Å². The minimum Gasteiger partial charge on any atom is -0.490 e. The van der Waals surface area contributed by atoms with Crippen LogP contribution in [-0.4, -0.2) is 41.0 Å². The number of ether oxygens (including phenoxy) is 1. The van der Waals surface area contributed by atoms with E-state index in [2.05, 4.69) is 46.4 Å². The number of hydrogen-bond donors (Lipinski definition) is 1. The van der Waals surface area contributed by atoms with Gasteiger partial charge in [-0.15, -0.1) is 0 Å². The molecule has 4 rings (SSSR count). The first-order chi connectivity index (χ1) is 14.1. The standard InChI is InChI=1S/C23H28N4O2/c1-4-29-20-11-7-13-27-21(17(3)24-22(20)27)23(28)25-18-9-6-12-26(15-18)19-10-5-8-16(2)14-19/h5,7-8,10-11,13-14,18H,4,6,9,12,15H2,1-3H3,(H,25,28)/t18-/m0/s1. The smallest absolute Gasteiger partial charge is 0.270 e. The summed E-state index contributed by atoms with van der Waals surface area (Å²) in [7, 11) is 0. The molecule has 6 nitrogen and oxygen atoms in total. The van der Waals surface area contributed by atoms with Crippen LogP contribution in [0.4, 0.5) is 5.69 Å². The number of aromatic nitrogens is 2. The second-order valence-corrected chi connectivity index (χ2v) is 7.64. The Morgan fingerprint density at radius 3 is 2.93 bits per heavy atom. The number of fused-ring (bicyclic) bond motifs is 1. The average molecular weight is 393 g/mol. The first-order valence-electron chi connectivity index (χ1n) is 10.3. The number of nitrogens with zero attached hydrogens (tertiary/aromatic N) is 3. The SMILES string of the molecule is CCOc1cccn2c(C(=O)N[C@H]3CCCN(c4cccc(C)c4)C3)c(C)nc12. The lowest BCUT2D eigenvalue weighted by atomic mass is 10.0. The highest BCUT2D eigenvalue weighted by molar-refractivity contribution is 5.95. The summed E-state index contributed by atoms with van der Waals surface area (Å²) in [6.07, 6.45) is 3.90. The third kappa shape index (κ3) is 3.92. The zero-order valence-electron chi connectivity index (χ0n) is 17.3. The number of carbonyl (C=O) groups excluding carboxylic acids is 1. The van der Waals surface area contributed by atoms with Crippen molar-refractivity contribution in [2.45, 2.75) is 39.7 Å². The maximum Gasteiger partial charge on any atom is 0.270 e. The second kappa shape index (κ2) is 8.15. The van der Waals surface area contributed by atoms with Crippen molar-refractivity contribution in [2.75, 3.05) is 24.6 Å². The van der Waals surface area contributed by atoms with Crippen molar-refractivity contribution in [3.8, 4) is 5.75 Å². The number of nitrogens with one attached hydrogen (secondary N) is 1. The molecule has 1 N–H and O–H groups in total. The van der Waals surface area contributed by atoms with Gasteiger partial charge in [-0.1, -0.05) is 12.1 Å². The summed E-state index contributed by atoms with van der Waals surface area (Å²) in [6.45, 7) is 8.31. The molecule has 1 atom stereocenters. The first-order valence-corrected chi connectivity index (χ1v) is 10.3. The zero-order chi connectivity index (χ0) is 20.4. The normalized spacial score (nSPS) is 16.8. The minimum absolute atomic E-state index is 0.0836. The Hall–Kier alpha value is -3.02. The molecule has 1 saturated heterocycles. The number of pyridine rings is 1. The summed E-state index contributed by atoms with van der Waals surface area (Å²) in [6, 6.07) is 12.4. The number of aryl methyl sites for hydroxylation is 2. The number of anilines is 1. The Morgan fingerprint density at radius 1 is 1.28 bits per heavy atom. The molecule has 1 fully saturated rings. The predicted octanol–water partition coefficient (Wildman–Crippen LogP) is 3.75. The van der Waals surface area contributed by atoms with Crippen molar-refractivity contribution in [1.82, 2.24) is 14.7 Å². The number of amides is 1. The maximum absolute atomic E-state index is 13.1. The first kappa shape index (κ1) is 19.3. The minimum atomic E-state index is -0.0836. The van der Waals surface area contributed by atoms with Crippen LogP contribution in [-0.2, 0) is 0 Å². The lowest BCUT2D eigenvalue weighted by Gasteiger charge is -2.35. The molecule has 1 aromatic carbocycles. The van der Waals surface area contributed by atoms with Gasteiger partial charge in [0.15, 0.2) is 11.4 Å². The number of piperidine rings is 1. The highest BCUT2D eigenvalue weighted by atomic mass is 16.5. The lowest BCUT2D eigenvalue weighted by molar-refractivity contribution is 0.0926. The Morgan fingerprint density at radius 2 is 2.14 bits per heavy atom. The Bertz CT molecular complexity index is 1030. The summed E-state index contributed by atoms with van der Waals surface area (Å²) in [5, 5.41) is 3.24. The summed E-state index contributed by atoms with van der Waals surface area (Å²) >= 11 is 0. The van der Waals surface area contributed by atoms with Crippen LogP contribution < -0.4 is 15.0 Å². The van der Waals surface area contributed by atoms with Gasteiger partial charge in [0.2, 0.25) is 0 Å². The largest absolute Gasteiger partial charge is 0.490 e. The molecule has 1 aliphatic rings. The average Bonchev–Trinajstić information content (AvgIpc) is 3.05. The highest BCUT2D eigenvalue weighted by Gasteiger charge is 2.25. The van der Waals surface area contributed by atoms with Gasteiger partial charge < -0.3 is 15.0 Å². The number of hydrogen-bond acceptors (Lipinski definition) is 4. The molecular weight excluding hydrogens is 364 g/mol. The number of carbonyl (C=O) groups is 1. The summed E-state index contributed by atoms with van der Waals surface area (Å²) in [5.41, 5.74) is 4.44. The predicted molar refractivity (Wildman–Crippen MR) is 115 cm³/mol. The van der Waals surface area contributed by atoms with Gasteiger partial charge >= 0.3 is 0 Å². The molecule has 1 aliphatic heterocycles. The summed E-state index contributed by atoms with van der Waals surface area (Å²) in [4.78, 5) is 20.1. The van der Waals surface area contributed by atoms with Crippen LogP contribution in [0.25, 0.3) is 5.65 Å². The molecule has 1 amide bonds. The molecule has 6 heteroatoms. The third-order valence-electron chi connectivity index (χ3n) is 5.43. The fourth-order valence-corrected chi connectivity index (χ4v) is 4.11. The fourth-order valence-electron chi connectivity index (χ4n) is 4.11. The monoisotopic (exact) mass is 392 g/mol. The Kier molecular flexibility index (Phi) is 5.43. The summed E-state index contributed by atoms with van der Waals surface area (Å²) in [5.74, 6) is 0.611. The van der Waals surface area contributed by atoms with Gasteiger partial charge in [-0.2, -0.15) is 0 Å². The van der Waals surface area contributed by atoms with Crippen molar-refractivity contribution in [2.24, 2.45) is 0 Å². The van der Waals surface area contributed by atoms with Crippen LogP contribution >= 0.6 is 0 Å². The lowest BCUT2D eigenvalue weighted by Crippen LogP contribution is -2.48. The van der Waals surface area contributed by atoms with Gasteiger partial charge in [0, 0.05) is 31.0 Å². The Labute approximate surface area is 171 Å². The van der Waals surface area contributed by atoms with E-state index in [4.69, 9.17) is 4.74 Å². The van der Waals surface area contributed by atoms with Crippen LogP contribution in [0, 0.1) is 13.8 Å². The van der Waals surface area contributed by atoms with E-state index in [1.165, 1.54) is 11.3 Å². The molecule has 2 aromatic heterocycles. The van der Waals surface area contributed by atoms with Gasteiger partial charge in [0.25, 0.3) is 5.91 Å². The Balaban J connectivity index is 1.53. The molecule has 152 valence electrons. The van der Waals surface area contributed by atoms with Gasteiger partial charge in [0.1, 0.15) is 5.69 Å². The quantitative estimate of drug-likeness (QED) is 0.718. The van der Waals surface area contributed by atoms with E-state index >= 15 is 0 Å².